The minimum absolute atomic E-state index is 0.145. The Bertz CT molecular complexity index is 675. The molecular weight excluding hydrogens is 262 g/mol. The zero-order chi connectivity index (χ0) is 14.5. The normalized spacial score (nSPS) is 10.8. The van der Waals surface area contributed by atoms with E-state index in [1.807, 2.05) is 0 Å². The second kappa shape index (κ2) is 5.87. The largest absolute Gasteiger partial charge is 0.460 e. The second-order valence-electron chi connectivity index (χ2n) is 3.86. The highest BCUT2D eigenvalue weighted by Crippen LogP contribution is 2.20. The van der Waals surface area contributed by atoms with Crippen LogP contribution in [0.5, 0.6) is 0 Å². The SMILES string of the molecule is CCOC(=O)c1cc2cc(C=NNC(N)=O)ccc2o1. The number of nitrogens with zero attached hydrogens (tertiary/aromatic N) is 1. The molecule has 3 N–H and O–H groups in total. The van der Waals surface area contributed by atoms with E-state index in [1.165, 1.54) is 6.21 Å². The lowest BCUT2D eigenvalue weighted by Gasteiger charge is -1.95. The van der Waals surface area contributed by atoms with Crippen LogP contribution in [0.15, 0.2) is 33.8 Å². The standard InChI is InChI=1S/C13H13N3O4/c1-2-19-12(17)11-6-9-5-8(3-4-10(9)20-11)7-15-16-13(14)18/h3-7H,2H2,1H3,(H3,14,16,18). The van der Waals surface area contributed by atoms with Crippen molar-refractivity contribution >= 4 is 29.2 Å². The number of carbonyl (C=O) groups is 2. The Morgan fingerprint density at radius 2 is 2.25 bits per heavy atom. The molecule has 0 aliphatic rings. The molecule has 0 saturated carbocycles. The van der Waals surface area contributed by atoms with Gasteiger partial charge in [-0.15, -0.1) is 0 Å². The van der Waals surface area contributed by atoms with Crippen LogP contribution in [-0.2, 0) is 4.74 Å². The predicted octanol–water partition coefficient (Wildman–Crippen LogP) is 1.61. The topological polar surface area (TPSA) is 107 Å². The van der Waals surface area contributed by atoms with Gasteiger partial charge < -0.3 is 14.9 Å². The van der Waals surface area contributed by atoms with Gasteiger partial charge in [0.05, 0.1) is 12.8 Å². The second-order valence-corrected chi connectivity index (χ2v) is 3.86. The molecule has 1 aromatic carbocycles. The van der Waals surface area contributed by atoms with Crippen molar-refractivity contribution in [2.24, 2.45) is 10.8 Å². The van der Waals surface area contributed by atoms with E-state index in [0.29, 0.717) is 5.58 Å². The summed E-state index contributed by atoms with van der Waals surface area (Å²) in [5.41, 5.74) is 8.26. The maximum atomic E-state index is 11.5. The molecule has 0 aliphatic carbocycles. The summed E-state index contributed by atoms with van der Waals surface area (Å²) in [6.07, 6.45) is 1.43. The summed E-state index contributed by atoms with van der Waals surface area (Å²) < 4.78 is 10.2. The molecule has 0 spiro atoms. The summed E-state index contributed by atoms with van der Waals surface area (Å²) in [6.45, 7) is 2.01. The molecule has 20 heavy (non-hydrogen) atoms. The Morgan fingerprint density at radius 3 is 2.95 bits per heavy atom. The summed E-state index contributed by atoms with van der Waals surface area (Å²) in [5, 5.41) is 4.38. The molecule has 104 valence electrons. The molecule has 1 aromatic heterocycles. The molecule has 7 nitrogen and oxygen atoms in total. The average Bonchev–Trinajstić information content (AvgIpc) is 2.81. The predicted molar refractivity (Wildman–Crippen MR) is 72.5 cm³/mol. The third-order valence-corrected chi connectivity index (χ3v) is 2.41. The van der Waals surface area contributed by atoms with Gasteiger partial charge in [-0.05, 0) is 36.8 Å². The molecule has 0 saturated heterocycles. The number of hydrogen-bond donors (Lipinski definition) is 2. The monoisotopic (exact) mass is 275 g/mol. The summed E-state index contributed by atoms with van der Waals surface area (Å²) in [4.78, 5) is 22.0. The van der Waals surface area contributed by atoms with E-state index < -0.39 is 12.0 Å². The van der Waals surface area contributed by atoms with E-state index in [4.69, 9.17) is 14.9 Å². The molecule has 1 heterocycles. The first-order valence-corrected chi connectivity index (χ1v) is 5.89. The van der Waals surface area contributed by atoms with Crippen LogP contribution < -0.4 is 11.2 Å². The molecular formula is C13H13N3O4. The first kappa shape index (κ1) is 13.6. The van der Waals surface area contributed by atoms with Crippen molar-refractivity contribution in [1.29, 1.82) is 0 Å². The van der Waals surface area contributed by atoms with Crippen molar-refractivity contribution < 1.29 is 18.7 Å². The van der Waals surface area contributed by atoms with Gasteiger partial charge in [-0.1, -0.05) is 0 Å². The molecule has 0 unspecified atom stereocenters. The van der Waals surface area contributed by atoms with E-state index in [9.17, 15) is 9.59 Å². The number of esters is 1. The minimum Gasteiger partial charge on any atom is -0.460 e. The number of fused-ring (bicyclic) bond motifs is 1. The third-order valence-electron chi connectivity index (χ3n) is 2.41. The Balaban J connectivity index is 2.23. The number of nitrogens with one attached hydrogen (secondary N) is 1. The highest BCUT2D eigenvalue weighted by Gasteiger charge is 2.13. The van der Waals surface area contributed by atoms with Crippen LogP contribution in [0.1, 0.15) is 23.0 Å². The zero-order valence-corrected chi connectivity index (χ0v) is 10.8. The lowest BCUT2D eigenvalue weighted by Crippen LogP contribution is -2.24. The average molecular weight is 275 g/mol. The van der Waals surface area contributed by atoms with Crippen LogP contribution in [0.2, 0.25) is 0 Å². The molecule has 2 amide bonds. The Hall–Kier alpha value is -2.83. The molecule has 0 atom stereocenters. The number of nitrogens with two attached hydrogens (primary N) is 1. The van der Waals surface area contributed by atoms with Crippen LogP contribution in [0.3, 0.4) is 0 Å². The van der Waals surface area contributed by atoms with Crippen LogP contribution in [0.25, 0.3) is 11.0 Å². The van der Waals surface area contributed by atoms with Crippen LogP contribution in [-0.4, -0.2) is 24.8 Å². The molecule has 0 fully saturated rings. The number of amides is 2. The molecule has 7 heteroatoms. The van der Waals surface area contributed by atoms with Gasteiger partial charge in [0, 0.05) is 5.39 Å². The van der Waals surface area contributed by atoms with Crippen molar-refractivity contribution in [1.82, 2.24) is 5.43 Å². The van der Waals surface area contributed by atoms with Crippen LogP contribution >= 0.6 is 0 Å². The van der Waals surface area contributed by atoms with Gasteiger partial charge in [0.2, 0.25) is 5.76 Å². The molecule has 2 rings (SSSR count). The van der Waals surface area contributed by atoms with Crippen molar-refractivity contribution in [3.8, 4) is 0 Å². The fourth-order valence-corrected chi connectivity index (χ4v) is 1.62. The first-order chi connectivity index (χ1) is 9.60. The van der Waals surface area contributed by atoms with E-state index in [2.05, 4.69) is 10.5 Å². The Kier molecular flexibility index (Phi) is 3.99. The lowest BCUT2D eigenvalue weighted by molar-refractivity contribution is 0.0492. The van der Waals surface area contributed by atoms with Gasteiger partial charge in [-0.2, -0.15) is 5.10 Å². The zero-order valence-electron chi connectivity index (χ0n) is 10.8. The van der Waals surface area contributed by atoms with Crippen molar-refractivity contribution in [2.45, 2.75) is 6.92 Å². The van der Waals surface area contributed by atoms with Crippen molar-refractivity contribution in [3.63, 3.8) is 0 Å². The quantitative estimate of drug-likeness (QED) is 0.502. The number of carbonyl (C=O) groups excluding carboxylic acids is 2. The van der Waals surface area contributed by atoms with E-state index in [1.54, 1.807) is 31.2 Å². The highest BCUT2D eigenvalue weighted by atomic mass is 16.5. The van der Waals surface area contributed by atoms with Crippen LogP contribution in [0, 0.1) is 0 Å². The minimum atomic E-state index is -0.741. The number of primary amides is 1. The van der Waals surface area contributed by atoms with Gasteiger partial charge in [-0.25, -0.2) is 15.0 Å². The summed E-state index contributed by atoms with van der Waals surface area (Å²) in [6, 6.07) is 6.03. The van der Waals surface area contributed by atoms with Gasteiger partial charge in [0.1, 0.15) is 5.58 Å². The van der Waals surface area contributed by atoms with Crippen molar-refractivity contribution in [3.05, 3.63) is 35.6 Å². The third kappa shape index (κ3) is 3.14. The van der Waals surface area contributed by atoms with Gasteiger partial charge in [0.25, 0.3) is 0 Å². The smallest absolute Gasteiger partial charge is 0.374 e. The lowest BCUT2D eigenvalue weighted by atomic mass is 10.2. The molecule has 0 radical (unpaired) electrons. The maximum absolute atomic E-state index is 11.5. The number of benzene rings is 1. The molecule has 0 bridgehead atoms. The highest BCUT2D eigenvalue weighted by molar-refractivity contribution is 5.94. The molecule has 2 aromatic rings. The van der Waals surface area contributed by atoms with Gasteiger partial charge in [0.15, 0.2) is 0 Å². The van der Waals surface area contributed by atoms with Crippen LogP contribution in [0.4, 0.5) is 4.79 Å². The van der Waals surface area contributed by atoms with E-state index in [0.717, 1.165) is 10.9 Å². The maximum Gasteiger partial charge on any atom is 0.374 e. The number of rotatable bonds is 4. The number of urea groups is 1. The number of hydrazone groups is 1. The summed E-state index contributed by atoms with van der Waals surface area (Å²) in [7, 11) is 0. The first-order valence-electron chi connectivity index (χ1n) is 5.89. The fraction of sp³-hybridized carbons (Fsp3) is 0.154. The summed E-state index contributed by atoms with van der Waals surface area (Å²) >= 11 is 0. The molecule has 0 aliphatic heterocycles. The Labute approximate surface area is 114 Å². The van der Waals surface area contributed by atoms with Gasteiger partial charge >= 0.3 is 12.0 Å². The Morgan fingerprint density at radius 1 is 1.45 bits per heavy atom. The number of hydrogen-bond acceptors (Lipinski definition) is 5. The van der Waals surface area contributed by atoms with E-state index in [-0.39, 0.29) is 12.4 Å². The van der Waals surface area contributed by atoms with E-state index >= 15 is 0 Å². The van der Waals surface area contributed by atoms with Crippen molar-refractivity contribution in [2.75, 3.05) is 6.61 Å². The fourth-order valence-electron chi connectivity index (χ4n) is 1.62. The number of furan rings is 1. The number of ether oxygens (including phenoxy) is 1. The summed E-state index contributed by atoms with van der Waals surface area (Å²) in [5.74, 6) is -0.361. The van der Waals surface area contributed by atoms with Gasteiger partial charge in [-0.3, -0.25) is 0 Å².